The quantitative estimate of drug-likeness (QED) is 0.438. The molecule has 1 atom stereocenters. The molecule has 1 heteroatoms. The van der Waals surface area contributed by atoms with E-state index in [1.54, 1.807) is 0 Å². The highest BCUT2D eigenvalue weighted by Crippen LogP contribution is 2.15. The van der Waals surface area contributed by atoms with Crippen molar-refractivity contribution in [1.29, 1.82) is 0 Å². The zero-order valence-electron chi connectivity index (χ0n) is 8.25. The van der Waals surface area contributed by atoms with Gasteiger partial charge in [0.15, 0.2) is 0 Å². The molecule has 0 aliphatic carbocycles. The molecule has 1 unspecified atom stereocenters. The summed E-state index contributed by atoms with van der Waals surface area (Å²) in [4.78, 5) is 0. The maximum absolute atomic E-state index is 5.12. The molecule has 0 saturated carbocycles. The maximum atomic E-state index is 5.12. The highest BCUT2D eigenvalue weighted by atomic mass is 16.6. The van der Waals surface area contributed by atoms with Crippen LogP contribution >= 0.6 is 0 Å². The van der Waals surface area contributed by atoms with Gasteiger partial charge in [0.25, 0.3) is 0 Å². The normalized spacial score (nSPS) is 22.4. The van der Waals surface area contributed by atoms with Crippen molar-refractivity contribution in [2.75, 3.05) is 6.61 Å². The van der Waals surface area contributed by atoms with Gasteiger partial charge in [0, 0.05) is 0 Å². The van der Waals surface area contributed by atoms with Crippen molar-refractivity contribution in [1.82, 2.24) is 0 Å². The van der Waals surface area contributed by atoms with Gasteiger partial charge in [-0.25, -0.2) is 0 Å². The average Bonchev–Trinajstić information content (AvgIpc) is 2.79. The topological polar surface area (TPSA) is 12.5 Å². The highest BCUT2D eigenvalue weighted by Gasteiger charge is 2.20. The van der Waals surface area contributed by atoms with E-state index in [1.807, 2.05) is 0 Å². The molecule has 0 aromatic carbocycles. The molecule has 70 valence electrons. The van der Waals surface area contributed by atoms with E-state index in [0.29, 0.717) is 6.10 Å². The van der Waals surface area contributed by atoms with E-state index < -0.39 is 0 Å². The van der Waals surface area contributed by atoms with Crippen molar-refractivity contribution >= 4 is 0 Å². The summed E-state index contributed by atoms with van der Waals surface area (Å²) in [5, 5.41) is 0. The first-order valence-corrected chi connectivity index (χ1v) is 5.05. The Morgan fingerprint density at radius 1 is 1.33 bits per heavy atom. The Morgan fingerprint density at radius 2 is 2.00 bits per heavy atom. The lowest BCUT2D eigenvalue weighted by Crippen LogP contribution is -1.84. The first kappa shape index (κ1) is 9.79. The molecule has 0 spiro atoms. The van der Waals surface area contributed by atoms with Gasteiger partial charge in [-0.15, -0.1) is 0 Å². The molecule has 1 heterocycles. The third-order valence-corrected chi connectivity index (χ3v) is 2.14. The van der Waals surface area contributed by atoms with E-state index in [2.05, 4.69) is 26.0 Å². The number of ether oxygens (including phenoxy) is 1. The fourth-order valence-electron chi connectivity index (χ4n) is 1.18. The van der Waals surface area contributed by atoms with Gasteiger partial charge in [-0.1, -0.05) is 26.0 Å². The summed E-state index contributed by atoms with van der Waals surface area (Å²) < 4.78 is 5.12. The molecule has 0 amide bonds. The van der Waals surface area contributed by atoms with Gasteiger partial charge in [-0.2, -0.15) is 0 Å². The van der Waals surface area contributed by atoms with Crippen molar-refractivity contribution in [3.8, 4) is 0 Å². The van der Waals surface area contributed by atoms with Crippen LogP contribution in [0.25, 0.3) is 0 Å². The Hall–Kier alpha value is -0.300. The van der Waals surface area contributed by atoms with Crippen LogP contribution in [-0.2, 0) is 4.74 Å². The minimum atomic E-state index is 0.597. The van der Waals surface area contributed by atoms with Gasteiger partial charge in [-0.3, -0.25) is 0 Å². The second-order valence-electron chi connectivity index (χ2n) is 3.98. The van der Waals surface area contributed by atoms with Crippen LogP contribution < -0.4 is 0 Å². The number of epoxide rings is 1. The Morgan fingerprint density at radius 3 is 2.58 bits per heavy atom. The van der Waals surface area contributed by atoms with Crippen molar-refractivity contribution in [3.05, 3.63) is 12.2 Å². The Balaban J connectivity index is 1.83. The lowest BCUT2D eigenvalue weighted by Gasteiger charge is -1.98. The van der Waals surface area contributed by atoms with E-state index in [1.165, 1.54) is 25.7 Å². The van der Waals surface area contributed by atoms with Gasteiger partial charge in [0.1, 0.15) is 0 Å². The Bertz CT molecular complexity index is 126. The molecule has 1 nitrogen and oxygen atoms in total. The first-order chi connectivity index (χ1) is 5.79. The molecular weight excluding hydrogens is 148 g/mol. The van der Waals surface area contributed by atoms with Crippen molar-refractivity contribution in [2.45, 2.75) is 45.6 Å². The Labute approximate surface area is 75.8 Å². The van der Waals surface area contributed by atoms with Gasteiger partial charge in [-0.05, 0) is 31.6 Å². The van der Waals surface area contributed by atoms with Crippen LogP contribution in [-0.4, -0.2) is 12.7 Å². The van der Waals surface area contributed by atoms with E-state index in [4.69, 9.17) is 4.74 Å². The summed E-state index contributed by atoms with van der Waals surface area (Å²) in [7, 11) is 0. The zero-order chi connectivity index (χ0) is 8.81. The summed E-state index contributed by atoms with van der Waals surface area (Å²) in [6.45, 7) is 5.54. The van der Waals surface area contributed by atoms with Crippen LogP contribution in [0.3, 0.4) is 0 Å². The minimum Gasteiger partial charge on any atom is -0.373 e. The lowest BCUT2D eigenvalue weighted by atomic mass is 10.1. The molecule has 0 aromatic rings. The summed E-state index contributed by atoms with van der Waals surface area (Å²) >= 11 is 0. The molecule has 0 radical (unpaired) electrons. The Kier molecular flexibility index (Phi) is 4.37. The third kappa shape index (κ3) is 5.36. The molecule has 0 bridgehead atoms. The monoisotopic (exact) mass is 168 g/mol. The molecule has 0 aromatic heterocycles. The molecule has 1 aliphatic heterocycles. The summed E-state index contributed by atoms with van der Waals surface area (Å²) in [5.74, 6) is 0.835. The van der Waals surface area contributed by atoms with E-state index in [-0.39, 0.29) is 0 Å². The predicted molar refractivity (Wildman–Crippen MR) is 52.2 cm³/mol. The zero-order valence-corrected chi connectivity index (χ0v) is 8.25. The average molecular weight is 168 g/mol. The number of hydrogen-bond donors (Lipinski definition) is 0. The number of rotatable bonds is 6. The van der Waals surface area contributed by atoms with Crippen molar-refractivity contribution < 1.29 is 4.74 Å². The molecule has 1 aliphatic rings. The molecule has 12 heavy (non-hydrogen) atoms. The van der Waals surface area contributed by atoms with E-state index in [0.717, 1.165) is 12.5 Å². The van der Waals surface area contributed by atoms with Crippen LogP contribution in [0.1, 0.15) is 39.5 Å². The van der Waals surface area contributed by atoms with Gasteiger partial charge < -0.3 is 4.74 Å². The SMILES string of the molecule is CC(C)CCC=CCCC1CO1. The molecular formula is C11H20O. The second kappa shape index (κ2) is 5.36. The van der Waals surface area contributed by atoms with Gasteiger partial charge >= 0.3 is 0 Å². The van der Waals surface area contributed by atoms with Crippen molar-refractivity contribution in [2.24, 2.45) is 5.92 Å². The van der Waals surface area contributed by atoms with Crippen LogP contribution in [0.4, 0.5) is 0 Å². The van der Waals surface area contributed by atoms with Crippen LogP contribution in [0.15, 0.2) is 12.2 Å². The third-order valence-electron chi connectivity index (χ3n) is 2.14. The van der Waals surface area contributed by atoms with Gasteiger partial charge in [0.05, 0.1) is 12.7 Å². The van der Waals surface area contributed by atoms with Crippen molar-refractivity contribution in [3.63, 3.8) is 0 Å². The number of allylic oxidation sites excluding steroid dienone is 2. The second-order valence-corrected chi connectivity index (χ2v) is 3.98. The standard InChI is InChI=1S/C11H20O/c1-10(2)7-5-3-4-6-8-11-9-12-11/h3-4,10-11H,5-9H2,1-2H3. The predicted octanol–water partition coefficient (Wildman–Crippen LogP) is 3.16. The largest absolute Gasteiger partial charge is 0.373 e. The highest BCUT2D eigenvalue weighted by molar-refractivity contribution is 4.84. The molecule has 1 saturated heterocycles. The molecule has 0 N–H and O–H groups in total. The van der Waals surface area contributed by atoms with E-state index in [9.17, 15) is 0 Å². The molecule has 1 fully saturated rings. The van der Waals surface area contributed by atoms with Gasteiger partial charge in [0.2, 0.25) is 0 Å². The fraction of sp³-hybridized carbons (Fsp3) is 0.818. The number of hydrogen-bond acceptors (Lipinski definition) is 1. The summed E-state index contributed by atoms with van der Waals surface area (Å²) in [5.41, 5.74) is 0. The maximum Gasteiger partial charge on any atom is 0.0812 e. The smallest absolute Gasteiger partial charge is 0.0812 e. The summed E-state index contributed by atoms with van der Waals surface area (Å²) in [6, 6.07) is 0. The summed E-state index contributed by atoms with van der Waals surface area (Å²) in [6.07, 6.45) is 10.2. The molecule has 1 rings (SSSR count). The van der Waals surface area contributed by atoms with Crippen LogP contribution in [0.2, 0.25) is 0 Å². The van der Waals surface area contributed by atoms with Crippen LogP contribution in [0, 0.1) is 5.92 Å². The lowest BCUT2D eigenvalue weighted by molar-refractivity contribution is 0.398. The fourth-order valence-corrected chi connectivity index (χ4v) is 1.18. The first-order valence-electron chi connectivity index (χ1n) is 5.05. The van der Waals surface area contributed by atoms with E-state index >= 15 is 0 Å². The minimum absolute atomic E-state index is 0.597. The van der Waals surface area contributed by atoms with Crippen LogP contribution in [0.5, 0.6) is 0 Å².